The Kier molecular flexibility index (Phi) is 74.4. The summed E-state index contributed by atoms with van der Waals surface area (Å²) >= 11 is -3.42. The van der Waals surface area contributed by atoms with Crippen LogP contribution in [0.2, 0.25) is 0 Å². The third kappa shape index (κ3) is 81.6. The molecule has 73 heavy (non-hydrogen) atoms. The summed E-state index contributed by atoms with van der Waals surface area (Å²) in [4.78, 5) is 36.2. The van der Waals surface area contributed by atoms with Crippen LogP contribution in [0, 0.1) is 11.8 Å². The van der Waals surface area contributed by atoms with Gasteiger partial charge in [0.05, 0.1) is 5.92 Å². The first kappa shape index (κ1) is 77.5. The predicted molar refractivity (Wildman–Crippen MR) is 304 cm³/mol. The van der Waals surface area contributed by atoms with E-state index in [0.717, 1.165) is 57.8 Å². The molecule has 0 heterocycles. The maximum absolute atomic E-state index is 11.1. The Hall–Kier alpha value is -1.98. The summed E-state index contributed by atoms with van der Waals surface area (Å²) in [7, 11) is 0. The molecule has 0 amide bonds. The SMILES string of the molecule is CCCCCCCC/C=C\CCCCCCC(C(=O)O)C(C)C.CCCCCCCC/C=C\CCCCCCCC(=O)O.CCCCCCCC/C=C\CCCCCCCC(=O)O.CCCCCO[O][Ti](=[O])[OH]. The molecule has 0 aromatic carbocycles. The quantitative estimate of drug-likeness (QED) is 0.0151. The number of aliphatic carboxylic acids is 3. The van der Waals surface area contributed by atoms with E-state index in [0.29, 0.717) is 19.4 Å². The third-order valence-corrected chi connectivity index (χ3v) is 13.3. The van der Waals surface area contributed by atoms with Crippen molar-refractivity contribution in [3.63, 3.8) is 0 Å². The Bertz CT molecular complexity index is 1170. The van der Waals surface area contributed by atoms with Crippen LogP contribution in [0.15, 0.2) is 36.5 Å². The average molecular weight is 1070 g/mol. The fraction of sp³-hybridized carbons (Fsp3) is 0.855. The summed E-state index contributed by atoms with van der Waals surface area (Å²) in [6.07, 6.45) is 66.4. The molecule has 0 aliphatic heterocycles. The summed E-state index contributed by atoms with van der Waals surface area (Å²) in [5.41, 5.74) is 0. The second-order valence-corrected chi connectivity index (χ2v) is 21.6. The molecule has 432 valence electrons. The van der Waals surface area contributed by atoms with Crippen molar-refractivity contribution in [2.45, 2.75) is 324 Å². The first-order valence-corrected chi connectivity index (χ1v) is 32.5. The van der Waals surface area contributed by atoms with Gasteiger partial charge in [-0.15, -0.1) is 0 Å². The number of carbonyl (C=O) groups is 3. The van der Waals surface area contributed by atoms with Crippen LogP contribution in [0.3, 0.4) is 0 Å². The van der Waals surface area contributed by atoms with Gasteiger partial charge in [0, 0.05) is 12.8 Å². The van der Waals surface area contributed by atoms with Crippen LogP contribution in [0.25, 0.3) is 0 Å². The summed E-state index contributed by atoms with van der Waals surface area (Å²) in [6, 6.07) is 0. The zero-order valence-corrected chi connectivity index (χ0v) is 50.2. The molecule has 0 spiro atoms. The zero-order chi connectivity index (χ0) is 54.9. The van der Waals surface area contributed by atoms with Crippen molar-refractivity contribution >= 4 is 17.9 Å². The van der Waals surface area contributed by atoms with Crippen LogP contribution in [0.5, 0.6) is 0 Å². The van der Waals surface area contributed by atoms with Gasteiger partial charge in [-0.1, -0.05) is 225 Å². The number of carboxylic acids is 3. The number of hydrogen-bond acceptors (Lipinski definition) is 6. The number of unbranched alkanes of at least 4 members (excludes halogenated alkanes) is 34. The average Bonchev–Trinajstić information content (AvgIpc) is 3.35. The third-order valence-electron chi connectivity index (χ3n) is 12.9. The van der Waals surface area contributed by atoms with Crippen molar-refractivity contribution in [2.24, 2.45) is 11.8 Å². The van der Waals surface area contributed by atoms with Crippen molar-refractivity contribution in [1.82, 2.24) is 0 Å². The Labute approximate surface area is 458 Å². The second-order valence-electron chi connectivity index (χ2n) is 20.5. The van der Waals surface area contributed by atoms with E-state index < -0.39 is 36.5 Å². The van der Waals surface area contributed by atoms with Crippen LogP contribution >= 0.6 is 0 Å². The molecule has 1 unspecified atom stereocenters. The van der Waals surface area contributed by atoms with E-state index in [9.17, 15) is 17.7 Å². The summed E-state index contributed by atoms with van der Waals surface area (Å²) in [6.45, 7) is 13.3. The zero-order valence-electron chi connectivity index (χ0n) is 48.7. The van der Waals surface area contributed by atoms with Crippen LogP contribution in [-0.4, -0.2) is 43.5 Å². The molecular weight excluding hydrogens is 953 g/mol. The van der Waals surface area contributed by atoms with Crippen molar-refractivity contribution in [3.8, 4) is 0 Å². The van der Waals surface area contributed by atoms with E-state index in [1.807, 2.05) is 13.8 Å². The molecule has 11 heteroatoms. The Morgan fingerprint density at radius 2 is 0.658 bits per heavy atom. The Balaban J connectivity index is -0.000000448. The molecule has 0 fully saturated rings. The van der Waals surface area contributed by atoms with E-state index in [-0.39, 0.29) is 11.8 Å². The minimum absolute atomic E-state index is 0.160. The second kappa shape index (κ2) is 70.0. The van der Waals surface area contributed by atoms with Gasteiger partial charge in [-0.25, -0.2) is 0 Å². The van der Waals surface area contributed by atoms with Crippen LogP contribution in [0.4, 0.5) is 0 Å². The molecule has 0 aliphatic carbocycles. The van der Waals surface area contributed by atoms with Crippen LogP contribution in [0.1, 0.15) is 324 Å². The molecule has 0 saturated carbocycles. The molecule has 0 bridgehead atoms. The van der Waals surface area contributed by atoms with Gasteiger partial charge in [0.1, 0.15) is 0 Å². The molecule has 4 N–H and O–H groups in total. The van der Waals surface area contributed by atoms with Gasteiger partial charge in [0.25, 0.3) is 0 Å². The Morgan fingerprint density at radius 3 is 0.918 bits per heavy atom. The summed E-state index contributed by atoms with van der Waals surface area (Å²) in [5, 5.41) is 26.2. The van der Waals surface area contributed by atoms with Crippen molar-refractivity contribution < 1.29 is 63.7 Å². The Morgan fingerprint density at radius 1 is 0.397 bits per heavy atom. The minimum atomic E-state index is -3.42. The van der Waals surface area contributed by atoms with Gasteiger partial charge in [-0.05, 0) is 102 Å². The van der Waals surface area contributed by atoms with Crippen LogP contribution in [-0.2, 0) is 44.7 Å². The summed E-state index contributed by atoms with van der Waals surface area (Å²) < 4.78 is 22.2. The number of carboxylic acid groups (broad SMARTS) is 3. The molecule has 0 radical (unpaired) electrons. The van der Waals surface area contributed by atoms with Gasteiger partial charge in [0.15, 0.2) is 0 Å². The monoisotopic (exact) mass is 1070 g/mol. The molecular formula is C62H120O10Ti. The van der Waals surface area contributed by atoms with Gasteiger partial charge < -0.3 is 15.3 Å². The van der Waals surface area contributed by atoms with Crippen molar-refractivity contribution in [2.75, 3.05) is 6.61 Å². The van der Waals surface area contributed by atoms with E-state index in [1.54, 1.807) is 0 Å². The molecule has 0 aromatic heterocycles. The van der Waals surface area contributed by atoms with Gasteiger partial charge in [-0.3, -0.25) is 14.4 Å². The molecule has 0 aromatic rings. The molecule has 0 aliphatic rings. The van der Waals surface area contributed by atoms with Crippen molar-refractivity contribution in [1.29, 1.82) is 0 Å². The fourth-order valence-corrected chi connectivity index (χ4v) is 8.48. The maximum atomic E-state index is 11.1. The molecule has 0 rings (SSSR count). The molecule has 1 atom stereocenters. The topological polar surface area (TPSA) is 168 Å². The number of hydrogen-bond donors (Lipinski definition) is 4. The van der Waals surface area contributed by atoms with Gasteiger partial charge >= 0.3 is 84.7 Å². The predicted octanol–water partition coefficient (Wildman–Crippen LogP) is 20.1. The van der Waals surface area contributed by atoms with E-state index in [4.69, 9.17) is 19.0 Å². The molecule has 10 nitrogen and oxygen atoms in total. The standard InChI is InChI=1S/C21H40O2.2C18H34O2.C5H12O2.H2O.O.Ti/c1-4-5-6-7-8-9-10-11-12-13-14-15-16-17-18-20(19(2)3)21(22)23;2*1-2-3-4-5-6-7-8-9-10-11-12-13-14-15-16-17-18(19)20;1-2-3-4-5-7-6;;;/h11-12,19-20H,4-10,13-18H2,1-3H3,(H,22,23);2*9-10H,2-8,11-17H2,1H3,(H,19,20);6H,2-5H2,1H3;1H2;;/q;;;;;;+2/p-2/b12-11-;2*10-9-;;;;. The van der Waals surface area contributed by atoms with Gasteiger partial charge in [0.2, 0.25) is 0 Å². The van der Waals surface area contributed by atoms with Crippen LogP contribution < -0.4 is 0 Å². The van der Waals surface area contributed by atoms with Crippen molar-refractivity contribution in [3.05, 3.63) is 36.5 Å². The fourth-order valence-electron chi connectivity index (χ4n) is 8.20. The summed E-state index contributed by atoms with van der Waals surface area (Å²) in [5.74, 6) is -1.87. The molecule has 0 saturated heterocycles. The number of allylic oxidation sites excluding steroid dienone is 6. The van der Waals surface area contributed by atoms with E-state index in [2.05, 4.69) is 72.5 Å². The van der Waals surface area contributed by atoms with E-state index in [1.165, 1.54) is 212 Å². The van der Waals surface area contributed by atoms with Gasteiger partial charge in [-0.2, -0.15) is 0 Å². The normalized spacial score (nSPS) is 11.6. The first-order chi connectivity index (χ1) is 35.4. The van der Waals surface area contributed by atoms with E-state index >= 15 is 0 Å². The number of rotatable bonds is 52. The first-order valence-electron chi connectivity index (χ1n) is 30.5.